The van der Waals surface area contributed by atoms with Crippen LogP contribution >= 0.6 is 0 Å². The van der Waals surface area contributed by atoms with Crippen molar-refractivity contribution in [3.63, 3.8) is 0 Å². The van der Waals surface area contributed by atoms with Gasteiger partial charge in [0.25, 0.3) is 0 Å². The van der Waals surface area contributed by atoms with Crippen LogP contribution in [0.25, 0.3) is 0 Å². The van der Waals surface area contributed by atoms with E-state index in [-0.39, 0.29) is 5.92 Å². The summed E-state index contributed by atoms with van der Waals surface area (Å²) in [6.45, 7) is 6.09. The number of aliphatic carboxylic acids is 1. The van der Waals surface area contributed by atoms with E-state index in [2.05, 4.69) is 13.8 Å². The summed E-state index contributed by atoms with van der Waals surface area (Å²) < 4.78 is 5.37. The van der Waals surface area contributed by atoms with Crippen molar-refractivity contribution < 1.29 is 14.6 Å². The maximum Gasteiger partial charge on any atom is 0.306 e. The molecule has 0 saturated heterocycles. The summed E-state index contributed by atoms with van der Waals surface area (Å²) in [5.74, 6) is -0.671. The fourth-order valence-electron chi connectivity index (χ4n) is 4.42. The summed E-state index contributed by atoms with van der Waals surface area (Å²) in [5, 5.41) is 9.44. The summed E-state index contributed by atoms with van der Waals surface area (Å²) in [4.78, 5) is 11.5. The van der Waals surface area contributed by atoms with Crippen LogP contribution in [-0.4, -0.2) is 24.3 Å². The van der Waals surface area contributed by atoms with E-state index >= 15 is 0 Å². The van der Waals surface area contributed by atoms with Crippen molar-refractivity contribution in [1.82, 2.24) is 0 Å². The first-order valence-electron chi connectivity index (χ1n) is 14.0. The van der Waals surface area contributed by atoms with E-state index in [1.165, 1.54) is 116 Å². The molecule has 0 saturated carbocycles. The highest BCUT2D eigenvalue weighted by Gasteiger charge is 2.16. The van der Waals surface area contributed by atoms with Crippen LogP contribution < -0.4 is 0 Å². The van der Waals surface area contributed by atoms with Crippen LogP contribution in [0.15, 0.2) is 0 Å². The van der Waals surface area contributed by atoms with Gasteiger partial charge in [-0.2, -0.15) is 0 Å². The molecule has 0 aliphatic rings. The molecule has 0 aliphatic carbocycles. The molecule has 31 heavy (non-hydrogen) atoms. The molecule has 0 spiro atoms. The van der Waals surface area contributed by atoms with Crippen LogP contribution in [0.1, 0.15) is 155 Å². The van der Waals surface area contributed by atoms with Crippen molar-refractivity contribution in [2.75, 3.05) is 13.2 Å². The molecule has 3 heteroatoms. The molecule has 0 bridgehead atoms. The van der Waals surface area contributed by atoms with E-state index in [4.69, 9.17) is 4.74 Å². The molecule has 0 amide bonds. The Hall–Kier alpha value is -0.570. The van der Waals surface area contributed by atoms with Crippen molar-refractivity contribution in [2.24, 2.45) is 5.92 Å². The predicted octanol–water partition coefficient (Wildman–Crippen LogP) is 9.33. The number of carboxylic acid groups (broad SMARTS) is 1. The molecule has 0 aromatic heterocycles. The standard InChI is InChI=1S/C28H56O3/c1-3-5-6-7-18-21-24-27(28(29)30)25-22-19-16-14-12-10-8-9-11-13-15-17-20-23-26-31-4-2/h27H,3-26H2,1-2H3,(H,29,30). The van der Waals surface area contributed by atoms with Crippen LogP contribution in [0.2, 0.25) is 0 Å². The minimum Gasteiger partial charge on any atom is -0.481 e. The number of carboxylic acids is 1. The molecule has 1 unspecified atom stereocenters. The zero-order valence-corrected chi connectivity index (χ0v) is 21.3. The van der Waals surface area contributed by atoms with E-state index in [0.717, 1.165) is 38.9 Å². The number of rotatable bonds is 26. The topological polar surface area (TPSA) is 46.5 Å². The highest BCUT2D eigenvalue weighted by molar-refractivity contribution is 5.69. The molecule has 0 aromatic rings. The molecule has 0 fully saturated rings. The van der Waals surface area contributed by atoms with Gasteiger partial charge in [0.15, 0.2) is 0 Å². The van der Waals surface area contributed by atoms with Crippen molar-refractivity contribution in [3.8, 4) is 0 Å². The molecule has 1 atom stereocenters. The minimum atomic E-state index is -0.570. The van der Waals surface area contributed by atoms with Gasteiger partial charge >= 0.3 is 5.97 Å². The van der Waals surface area contributed by atoms with Gasteiger partial charge < -0.3 is 9.84 Å². The molecule has 0 heterocycles. The summed E-state index contributed by atoms with van der Waals surface area (Å²) in [6, 6.07) is 0. The molecular formula is C28H56O3. The van der Waals surface area contributed by atoms with Crippen LogP contribution in [0.4, 0.5) is 0 Å². The second kappa shape index (κ2) is 25.7. The molecule has 1 N–H and O–H groups in total. The third-order valence-corrected chi connectivity index (χ3v) is 6.55. The van der Waals surface area contributed by atoms with E-state index in [9.17, 15) is 9.90 Å². The lowest BCUT2D eigenvalue weighted by molar-refractivity contribution is -0.142. The largest absolute Gasteiger partial charge is 0.481 e. The van der Waals surface area contributed by atoms with Crippen LogP contribution in [0, 0.1) is 5.92 Å². The maximum absolute atomic E-state index is 11.5. The highest BCUT2D eigenvalue weighted by Crippen LogP contribution is 2.20. The average molecular weight is 441 g/mol. The normalized spacial score (nSPS) is 12.3. The van der Waals surface area contributed by atoms with E-state index in [1.54, 1.807) is 0 Å². The van der Waals surface area contributed by atoms with Gasteiger partial charge in [0.1, 0.15) is 0 Å². The zero-order chi connectivity index (χ0) is 22.8. The third kappa shape index (κ3) is 23.9. The second-order valence-electron chi connectivity index (χ2n) is 9.53. The predicted molar refractivity (Wildman–Crippen MR) is 135 cm³/mol. The van der Waals surface area contributed by atoms with Gasteiger partial charge in [0.2, 0.25) is 0 Å². The molecule has 0 radical (unpaired) electrons. The Bertz CT molecular complexity index is 356. The summed E-state index contributed by atoms with van der Waals surface area (Å²) >= 11 is 0. The van der Waals surface area contributed by atoms with Crippen LogP contribution in [0.5, 0.6) is 0 Å². The van der Waals surface area contributed by atoms with Gasteiger partial charge in [-0.1, -0.05) is 129 Å². The van der Waals surface area contributed by atoms with Crippen LogP contribution in [0.3, 0.4) is 0 Å². The number of hydrogen-bond donors (Lipinski definition) is 1. The fourth-order valence-corrected chi connectivity index (χ4v) is 4.42. The number of carbonyl (C=O) groups is 1. The molecular weight excluding hydrogens is 384 g/mol. The number of hydrogen-bond acceptors (Lipinski definition) is 2. The summed E-state index contributed by atoms with van der Waals surface area (Å²) in [6.07, 6.45) is 27.8. The lowest BCUT2D eigenvalue weighted by Gasteiger charge is -2.12. The van der Waals surface area contributed by atoms with E-state index in [1.807, 2.05) is 0 Å². The first-order valence-corrected chi connectivity index (χ1v) is 14.0. The SMILES string of the molecule is CCCCCCCCC(CCCCCCCCCCCCCCCCOCC)C(=O)O. The highest BCUT2D eigenvalue weighted by atomic mass is 16.5. The summed E-state index contributed by atoms with van der Waals surface area (Å²) in [7, 11) is 0. The number of unbranched alkanes of at least 4 members (excludes halogenated alkanes) is 18. The Labute approximate surface area is 195 Å². The van der Waals surface area contributed by atoms with Gasteiger partial charge in [0, 0.05) is 13.2 Å². The van der Waals surface area contributed by atoms with E-state index in [0.29, 0.717) is 0 Å². The van der Waals surface area contributed by atoms with Gasteiger partial charge in [-0.05, 0) is 26.2 Å². The molecule has 0 aliphatic heterocycles. The lowest BCUT2D eigenvalue weighted by Crippen LogP contribution is -2.13. The monoisotopic (exact) mass is 440 g/mol. The Morgan fingerprint density at radius 3 is 1.29 bits per heavy atom. The Kier molecular flexibility index (Phi) is 25.2. The lowest BCUT2D eigenvalue weighted by atomic mass is 9.94. The summed E-state index contributed by atoms with van der Waals surface area (Å²) in [5.41, 5.74) is 0. The Morgan fingerprint density at radius 1 is 0.581 bits per heavy atom. The van der Waals surface area contributed by atoms with Gasteiger partial charge in [-0.15, -0.1) is 0 Å². The average Bonchev–Trinajstić information content (AvgIpc) is 2.76. The third-order valence-electron chi connectivity index (χ3n) is 6.55. The number of ether oxygens (including phenoxy) is 1. The first-order chi connectivity index (χ1) is 15.2. The molecule has 0 rings (SSSR count). The van der Waals surface area contributed by atoms with Crippen molar-refractivity contribution >= 4 is 5.97 Å². The van der Waals surface area contributed by atoms with E-state index < -0.39 is 5.97 Å². The van der Waals surface area contributed by atoms with Crippen molar-refractivity contribution in [2.45, 2.75) is 155 Å². The van der Waals surface area contributed by atoms with Crippen molar-refractivity contribution in [3.05, 3.63) is 0 Å². The smallest absolute Gasteiger partial charge is 0.306 e. The quantitative estimate of drug-likeness (QED) is 0.136. The van der Waals surface area contributed by atoms with Gasteiger partial charge in [-0.25, -0.2) is 0 Å². The molecule has 3 nitrogen and oxygen atoms in total. The fraction of sp³-hybridized carbons (Fsp3) is 0.964. The van der Waals surface area contributed by atoms with Gasteiger partial charge in [0.05, 0.1) is 5.92 Å². The Balaban J connectivity index is 3.33. The van der Waals surface area contributed by atoms with Gasteiger partial charge in [-0.3, -0.25) is 4.79 Å². The maximum atomic E-state index is 11.5. The first kappa shape index (κ1) is 30.4. The Morgan fingerprint density at radius 2 is 0.935 bits per heavy atom. The van der Waals surface area contributed by atoms with Crippen LogP contribution in [-0.2, 0) is 9.53 Å². The molecule has 186 valence electrons. The zero-order valence-electron chi connectivity index (χ0n) is 21.3. The molecule has 0 aromatic carbocycles. The minimum absolute atomic E-state index is 0.101. The van der Waals surface area contributed by atoms with Crippen molar-refractivity contribution in [1.29, 1.82) is 0 Å². The second-order valence-corrected chi connectivity index (χ2v) is 9.53.